The minimum Gasteiger partial charge on any atom is -0.394 e. The first kappa shape index (κ1) is 15.8. The number of aliphatic hydroxyl groups excluding tert-OH is 2. The van der Waals surface area contributed by atoms with Gasteiger partial charge in [-0.1, -0.05) is 49.4 Å². The van der Waals surface area contributed by atoms with Gasteiger partial charge in [-0.2, -0.15) is 0 Å². The van der Waals surface area contributed by atoms with E-state index >= 15 is 0 Å². The van der Waals surface area contributed by atoms with Gasteiger partial charge in [-0.15, -0.1) is 0 Å². The molecule has 0 aliphatic carbocycles. The highest BCUT2D eigenvalue weighted by molar-refractivity contribution is 5.77. The molecule has 1 heterocycles. The standard InChI is InChI=1S/C19H24N2O2/c1-2-12-20-14-21(17-11-7-6-10-16(17)20)19(18(23)13-22)15-8-4-3-5-9-15/h3-11,18-19,22-23H,2,12-14H2,1H3/t18-,19+/m1/s1. The molecule has 0 amide bonds. The van der Waals surface area contributed by atoms with Crippen LogP contribution >= 0.6 is 0 Å². The third-order valence-electron chi connectivity index (χ3n) is 4.38. The summed E-state index contributed by atoms with van der Waals surface area (Å²) in [6.45, 7) is 3.61. The van der Waals surface area contributed by atoms with E-state index in [1.54, 1.807) is 0 Å². The van der Waals surface area contributed by atoms with Crippen molar-refractivity contribution in [3.8, 4) is 0 Å². The molecule has 0 saturated heterocycles. The van der Waals surface area contributed by atoms with Crippen LogP contribution in [0.3, 0.4) is 0 Å². The summed E-state index contributed by atoms with van der Waals surface area (Å²) < 4.78 is 0. The second-order valence-electron chi connectivity index (χ2n) is 5.97. The summed E-state index contributed by atoms with van der Waals surface area (Å²) in [5.41, 5.74) is 3.32. The fourth-order valence-corrected chi connectivity index (χ4v) is 3.37. The van der Waals surface area contributed by atoms with Crippen molar-refractivity contribution in [3.05, 3.63) is 60.2 Å². The minimum atomic E-state index is -0.827. The molecule has 0 saturated carbocycles. The second-order valence-corrected chi connectivity index (χ2v) is 5.97. The van der Waals surface area contributed by atoms with Crippen LogP contribution in [0.25, 0.3) is 0 Å². The molecular weight excluding hydrogens is 288 g/mol. The zero-order chi connectivity index (χ0) is 16.2. The number of hydrogen-bond donors (Lipinski definition) is 2. The summed E-state index contributed by atoms with van der Waals surface area (Å²) in [4.78, 5) is 4.52. The normalized spacial score (nSPS) is 16.3. The average molecular weight is 312 g/mol. The minimum absolute atomic E-state index is 0.258. The summed E-state index contributed by atoms with van der Waals surface area (Å²) in [6, 6.07) is 17.9. The monoisotopic (exact) mass is 312 g/mol. The second kappa shape index (κ2) is 7.02. The number of para-hydroxylation sites is 2. The summed E-state index contributed by atoms with van der Waals surface area (Å²) in [5, 5.41) is 20.0. The molecule has 122 valence electrons. The number of aliphatic hydroxyl groups is 2. The van der Waals surface area contributed by atoms with Crippen LogP contribution in [0, 0.1) is 0 Å². The summed E-state index contributed by atoms with van der Waals surface area (Å²) >= 11 is 0. The largest absolute Gasteiger partial charge is 0.394 e. The first-order chi connectivity index (χ1) is 11.3. The lowest BCUT2D eigenvalue weighted by molar-refractivity contribution is 0.0716. The van der Waals surface area contributed by atoms with Gasteiger partial charge in [0.15, 0.2) is 0 Å². The van der Waals surface area contributed by atoms with Gasteiger partial charge in [0.2, 0.25) is 0 Å². The quantitative estimate of drug-likeness (QED) is 0.861. The van der Waals surface area contributed by atoms with Crippen LogP contribution in [0.1, 0.15) is 24.9 Å². The Labute approximate surface area is 137 Å². The Morgan fingerprint density at radius 1 is 1.00 bits per heavy atom. The molecule has 0 aromatic heterocycles. The van der Waals surface area contributed by atoms with Crippen molar-refractivity contribution in [1.29, 1.82) is 0 Å². The van der Waals surface area contributed by atoms with Crippen LogP contribution in [-0.2, 0) is 0 Å². The molecule has 0 bridgehead atoms. The topological polar surface area (TPSA) is 46.9 Å². The van der Waals surface area contributed by atoms with Gasteiger partial charge in [0.1, 0.15) is 6.10 Å². The van der Waals surface area contributed by atoms with Gasteiger partial charge < -0.3 is 20.0 Å². The maximum atomic E-state index is 10.5. The van der Waals surface area contributed by atoms with Gasteiger partial charge in [0, 0.05) is 6.54 Å². The fourth-order valence-electron chi connectivity index (χ4n) is 3.37. The van der Waals surface area contributed by atoms with E-state index in [0.29, 0.717) is 0 Å². The van der Waals surface area contributed by atoms with Crippen LogP contribution in [0.5, 0.6) is 0 Å². The van der Waals surface area contributed by atoms with Crippen LogP contribution in [-0.4, -0.2) is 36.1 Å². The maximum Gasteiger partial charge on any atom is 0.102 e. The van der Waals surface area contributed by atoms with E-state index in [9.17, 15) is 10.2 Å². The van der Waals surface area contributed by atoms with Gasteiger partial charge in [0.25, 0.3) is 0 Å². The molecule has 0 radical (unpaired) electrons. The third kappa shape index (κ3) is 3.05. The van der Waals surface area contributed by atoms with Gasteiger partial charge in [-0.05, 0) is 24.1 Å². The van der Waals surface area contributed by atoms with E-state index in [2.05, 4.69) is 28.9 Å². The molecule has 23 heavy (non-hydrogen) atoms. The van der Waals surface area contributed by atoms with Crippen molar-refractivity contribution in [3.63, 3.8) is 0 Å². The van der Waals surface area contributed by atoms with E-state index in [0.717, 1.165) is 30.9 Å². The van der Waals surface area contributed by atoms with Gasteiger partial charge in [-0.25, -0.2) is 0 Å². The first-order valence-electron chi connectivity index (χ1n) is 8.20. The zero-order valence-electron chi connectivity index (χ0n) is 13.5. The molecule has 3 rings (SSSR count). The van der Waals surface area contributed by atoms with Crippen LogP contribution in [0.15, 0.2) is 54.6 Å². The lowest BCUT2D eigenvalue weighted by Crippen LogP contribution is -2.41. The molecule has 0 unspecified atom stereocenters. The van der Waals surface area contributed by atoms with E-state index < -0.39 is 6.10 Å². The Morgan fingerprint density at radius 2 is 1.65 bits per heavy atom. The van der Waals surface area contributed by atoms with E-state index in [1.807, 2.05) is 42.5 Å². The average Bonchev–Trinajstić information content (AvgIpc) is 2.95. The number of anilines is 2. The highest BCUT2D eigenvalue weighted by atomic mass is 16.3. The summed E-state index contributed by atoms with van der Waals surface area (Å²) in [5.74, 6) is 0. The molecular formula is C19H24N2O2. The Kier molecular flexibility index (Phi) is 4.84. The van der Waals surface area contributed by atoms with Crippen molar-refractivity contribution in [2.75, 3.05) is 29.6 Å². The number of benzene rings is 2. The van der Waals surface area contributed by atoms with E-state index in [-0.39, 0.29) is 12.6 Å². The summed E-state index contributed by atoms with van der Waals surface area (Å²) in [6.07, 6.45) is 0.243. The molecule has 2 aromatic carbocycles. The summed E-state index contributed by atoms with van der Waals surface area (Å²) in [7, 11) is 0. The molecule has 4 nitrogen and oxygen atoms in total. The first-order valence-corrected chi connectivity index (χ1v) is 8.20. The SMILES string of the molecule is CCCN1CN([C@@H](c2ccccc2)[C@H](O)CO)c2ccccc21. The van der Waals surface area contributed by atoms with Crippen molar-refractivity contribution in [2.24, 2.45) is 0 Å². The number of rotatable bonds is 6. The Bertz CT molecular complexity index is 632. The van der Waals surface area contributed by atoms with E-state index in [4.69, 9.17) is 0 Å². The van der Waals surface area contributed by atoms with Gasteiger partial charge in [-0.3, -0.25) is 0 Å². The van der Waals surface area contributed by atoms with Crippen molar-refractivity contribution >= 4 is 11.4 Å². The molecule has 1 aliphatic heterocycles. The lowest BCUT2D eigenvalue weighted by atomic mass is 10.00. The highest BCUT2D eigenvalue weighted by Gasteiger charge is 2.34. The number of nitrogens with zero attached hydrogens (tertiary/aromatic N) is 2. The number of hydrogen-bond acceptors (Lipinski definition) is 4. The van der Waals surface area contributed by atoms with Crippen LogP contribution < -0.4 is 9.80 Å². The Balaban J connectivity index is 2.00. The molecule has 0 spiro atoms. The van der Waals surface area contributed by atoms with Crippen molar-refractivity contribution in [1.82, 2.24) is 0 Å². The third-order valence-corrected chi connectivity index (χ3v) is 4.38. The van der Waals surface area contributed by atoms with Crippen molar-refractivity contribution in [2.45, 2.75) is 25.5 Å². The predicted octanol–water partition coefficient (Wildman–Crippen LogP) is 2.78. The molecule has 0 fully saturated rings. The molecule has 4 heteroatoms. The zero-order valence-corrected chi connectivity index (χ0v) is 13.5. The predicted molar refractivity (Wildman–Crippen MR) is 93.7 cm³/mol. The van der Waals surface area contributed by atoms with Crippen LogP contribution in [0.2, 0.25) is 0 Å². The highest BCUT2D eigenvalue weighted by Crippen LogP contribution is 2.41. The smallest absolute Gasteiger partial charge is 0.102 e. The molecule has 1 aliphatic rings. The molecule has 2 N–H and O–H groups in total. The van der Waals surface area contributed by atoms with Gasteiger partial charge in [0.05, 0.1) is 30.7 Å². The fraction of sp³-hybridized carbons (Fsp3) is 0.368. The molecule has 2 atom stereocenters. The Hall–Kier alpha value is -2.04. The Morgan fingerprint density at radius 3 is 2.30 bits per heavy atom. The van der Waals surface area contributed by atoms with E-state index in [1.165, 1.54) is 5.69 Å². The van der Waals surface area contributed by atoms with Crippen molar-refractivity contribution < 1.29 is 10.2 Å². The van der Waals surface area contributed by atoms with Gasteiger partial charge >= 0.3 is 0 Å². The maximum absolute atomic E-state index is 10.5. The number of fused-ring (bicyclic) bond motifs is 1. The molecule has 2 aromatic rings. The van der Waals surface area contributed by atoms with Crippen LogP contribution in [0.4, 0.5) is 11.4 Å². The lowest BCUT2D eigenvalue weighted by Gasteiger charge is -2.33.